The highest BCUT2D eigenvalue weighted by atomic mass is 32.2. The van der Waals surface area contributed by atoms with Gasteiger partial charge in [-0.3, -0.25) is 0 Å². The van der Waals surface area contributed by atoms with Gasteiger partial charge in [0.05, 0.1) is 34.1 Å². The first kappa shape index (κ1) is 22.8. The van der Waals surface area contributed by atoms with Gasteiger partial charge in [-0.2, -0.15) is 4.99 Å². The minimum absolute atomic E-state index is 0.0750. The predicted molar refractivity (Wildman–Crippen MR) is 133 cm³/mol. The molecule has 1 atom stereocenters. The molecule has 0 aliphatic carbocycles. The Hall–Kier alpha value is -4.02. The molecule has 35 heavy (non-hydrogen) atoms. The van der Waals surface area contributed by atoms with Crippen molar-refractivity contribution in [1.82, 2.24) is 14.9 Å². The number of nitrogens with zero attached hydrogens (tertiary/aromatic N) is 4. The summed E-state index contributed by atoms with van der Waals surface area (Å²) in [6.45, 7) is 0.489. The van der Waals surface area contributed by atoms with E-state index in [1.165, 1.54) is 6.33 Å². The van der Waals surface area contributed by atoms with E-state index in [1.54, 1.807) is 54.6 Å². The minimum atomic E-state index is -3.59. The summed E-state index contributed by atoms with van der Waals surface area (Å²) in [5.41, 5.74) is 2.06. The van der Waals surface area contributed by atoms with Crippen LogP contribution in [0.3, 0.4) is 0 Å². The fourth-order valence-electron chi connectivity index (χ4n) is 3.78. The summed E-state index contributed by atoms with van der Waals surface area (Å²) in [7, 11) is -1.74. The fraction of sp³-hybridized carbons (Fsp3) is 0.160. The van der Waals surface area contributed by atoms with Gasteiger partial charge in [0, 0.05) is 18.1 Å². The summed E-state index contributed by atoms with van der Waals surface area (Å²) >= 11 is 0. The Kier molecular flexibility index (Phi) is 6.06. The monoisotopic (exact) mass is 489 g/mol. The number of sulfone groups is 1. The van der Waals surface area contributed by atoms with Crippen molar-refractivity contribution in [3.63, 3.8) is 0 Å². The van der Waals surface area contributed by atoms with Crippen molar-refractivity contribution in [2.75, 3.05) is 25.5 Å². The molecule has 1 unspecified atom stereocenters. The van der Waals surface area contributed by atoms with E-state index in [0.29, 0.717) is 29.8 Å². The second-order valence-electron chi connectivity index (χ2n) is 8.09. The highest BCUT2D eigenvalue weighted by molar-refractivity contribution is 7.91. The van der Waals surface area contributed by atoms with Crippen LogP contribution in [0.25, 0.3) is 10.9 Å². The number of rotatable bonds is 6. The van der Waals surface area contributed by atoms with Gasteiger partial charge in [-0.15, -0.1) is 0 Å². The first-order valence-corrected chi connectivity index (χ1v) is 12.4. The smallest absolute Gasteiger partial charge is 0.292 e. The van der Waals surface area contributed by atoms with E-state index >= 15 is 0 Å². The van der Waals surface area contributed by atoms with E-state index in [9.17, 15) is 13.5 Å². The molecule has 5 rings (SSSR count). The summed E-state index contributed by atoms with van der Waals surface area (Å²) in [5.74, 6) is 0.560. The first-order valence-electron chi connectivity index (χ1n) is 10.9. The molecule has 0 bridgehead atoms. The van der Waals surface area contributed by atoms with Crippen LogP contribution in [0.2, 0.25) is 0 Å². The van der Waals surface area contributed by atoms with Crippen molar-refractivity contribution in [2.24, 2.45) is 4.99 Å². The number of anilines is 2. The van der Waals surface area contributed by atoms with Crippen molar-refractivity contribution in [1.29, 1.82) is 0 Å². The van der Waals surface area contributed by atoms with Crippen molar-refractivity contribution in [3.8, 4) is 0 Å². The maximum atomic E-state index is 12.8. The molecule has 2 heterocycles. The van der Waals surface area contributed by atoms with Crippen molar-refractivity contribution < 1.29 is 18.3 Å². The average Bonchev–Trinajstić information content (AvgIpc) is 3.24. The van der Waals surface area contributed by atoms with Gasteiger partial charge in [-0.25, -0.2) is 18.4 Å². The maximum absolute atomic E-state index is 12.8. The number of aliphatic hydroxyl groups excluding tert-OH is 1. The highest BCUT2D eigenvalue weighted by Crippen LogP contribution is 2.29. The number of hydrogen-bond acceptors (Lipinski definition) is 8. The molecule has 0 radical (unpaired) electrons. The van der Waals surface area contributed by atoms with Crippen molar-refractivity contribution >= 4 is 44.0 Å². The Labute approximate surface area is 202 Å². The number of nitrogens with one attached hydrogen (secondary N) is 1. The van der Waals surface area contributed by atoms with Crippen LogP contribution in [0.1, 0.15) is 0 Å². The molecule has 9 nitrogen and oxygen atoms in total. The molecule has 178 valence electrons. The molecule has 0 spiro atoms. The summed E-state index contributed by atoms with van der Waals surface area (Å²) < 4.78 is 31.3. The molecule has 1 fully saturated rings. The van der Waals surface area contributed by atoms with E-state index < -0.39 is 9.84 Å². The zero-order chi connectivity index (χ0) is 24.4. The second kappa shape index (κ2) is 9.32. The third-order valence-electron chi connectivity index (χ3n) is 5.60. The number of aliphatic hydroxyl groups is 1. The van der Waals surface area contributed by atoms with Crippen LogP contribution in [0.4, 0.5) is 17.2 Å². The Balaban J connectivity index is 1.42. The molecule has 10 heteroatoms. The zero-order valence-electron chi connectivity index (χ0n) is 18.9. The normalized spacial score (nSPS) is 17.0. The number of amidine groups is 1. The number of aromatic nitrogens is 2. The largest absolute Gasteiger partial charge is 0.457 e. The Morgan fingerprint density at radius 3 is 2.51 bits per heavy atom. The van der Waals surface area contributed by atoms with Gasteiger partial charge in [0.2, 0.25) is 9.84 Å². The lowest BCUT2D eigenvalue weighted by Gasteiger charge is -2.11. The average molecular weight is 490 g/mol. The molecule has 3 aromatic carbocycles. The molecular weight excluding hydrogens is 466 g/mol. The second-order valence-corrected chi connectivity index (χ2v) is 10.0. The zero-order valence-corrected chi connectivity index (χ0v) is 19.7. The third-order valence-corrected chi connectivity index (χ3v) is 7.39. The number of fused-ring (bicyclic) bond motifs is 1. The van der Waals surface area contributed by atoms with Gasteiger partial charge in [0.25, 0.3) is 6.02 Å². The molecule has 1 aliphatic rings. The summed E-state index contributed by atoms with van der Waals surface area (Å²) in [4.78, 5) is 15.6. The number of aliphatic imine (C=N–C) groups is 1. The summed E-state index contributed by atoms with van der Waals surface area (Å²) in [6, 6.07) is 20.8. The lowest BCUT2D eigenvalue weighted by molar-refractivity contribution is 0.132. The standard InChI is InChI=1S/C25H23N5O4S/c1-30-14-19(15-31)34-25(30)29-18-9-12-23-22(13-18)24(27-16-26-23)28-17-7-10-21(11-8-17)35(32,33)20-5-3-2-4-6-20/h2-13,16,19,31H,14-15H2,1H3,(H,26,27,28). The van der Waals surface area contributed by atoms with E-state index in [2.05, 4.69) is 20.3 Å². The molecule has 4 aromatic rings. The molecule has 0 amide bonds. The van der Waals surface area contributed by atoms with Crippen molar-refractivity contribution in [3.05, 3.63) is 79.1 Å². The highest BCUT2D eigenvalue weighted by Gasteiger charge is 2.26. The van der Waals surface area contributed by atoms with Crippen LogP contribution in [-0.2, 0) is 14.6 Å². The minimum Gasteiger partial charge on any atom is -0.457 e. The summed E-state index contributed by atoms with van der Waals surface area (Å²) in [5, 5.41) is 13.3. The number of hydrogen-bond donors (Lipinski definition) is 2. The Bertz CT molecular complexity index is 1490. The fourth-order valence-corrected chi connectivity index (χ4v) is 5.06. The quantitative estimate of drug-likeness (QED) is 0.423. The van der Waals surface area contributed by atoms with Gasteiger partial charge < -0.3 is 20.1 Å². The Morgan fingerprint density at radius 2 is 1.80 bits per heavy atom. The SMILES string of the molecule is CN1CC(CO)OC1=Nc1ccc2ncnc(Nc3ccc(S(=O)(=O)c4ccccc4)cc3)c2c1. The molecular formula is C25H23N5O4S. The van der Waals surface area contributed by atoms with Gasteiger partial charge in [-0.05, 0) is 54.6 Å². The van der Waals surface area contributed by atoms with Crippen LogP contribution in [0.15, 0.2) is 93.9 Å². The third kappa shape index (κ3) is 4.66. The van der Waals surface area contributed by atoms with Crippen LogP contribution >= 0.6 is 0 Å². The van der Waals surface area contributed by atoms with Crippen molar-refractivity contribution in [2.45, 2.75) is 15.9 Å². The molecule has 2 N–H and O–H groups in total. The predicted octanol–water partition coefficient (Wildman–Crippen LogP) is 3.52. The molecule has 1 saturated heterocycles. The maximum Gasteiger partial charge on any atom is 0.292 e. The van der Waals surface area contributed by atoms with Crippen LogP contribution in [0.5, 0.6) is 0 Å². The van der Waals surface area contributed by atoms with Gasteiger partial charge in [-0.1, -0.05) is 18.2 Å². The van der Waals surface area contributed by atoms with Crippen LogP contribution in [-0.4, -0.2) is 60.7 Å². The molecule has 1 aliphatic heterocycles. The molecule has 0 saturated carbocycles. The van der Waals surface area contributed by atoms with E-state index in [1.807, 2.05) is 30.1 Å². The molecule has 1 aromatic heterocycles. The van der Waals surface area contributed by atoms with Crippen LogP contribution < -0.4 is 5.32 Å². The topological polar surface area (TPSA) is 117 Å². The van der Waals surface area contributed by atoms with Gasteiger partial charge in [0.15, 0.2) is 0 Å². The lowest BCUT2D eigenvalue weighted by atomic mass is 10.2. The first-order chi connectivity index (χ1) is 16.9. The van der Waals surface area contributed by atoms with Crippen LogP contribution in [0, 0.1) is 0 Å². The Morgan fingerprint density at radius 1 is 1.06 bits per heavy atom. The number of benzene rings is 3. The van der Waals surface area contributed by atoms with Gasteiger partial charge in [0.1, 0.15) is 18.2 Å². The lowest BCUT2D eigenvalue weighted by Crippen LogP contribution is -2.21. The van der Waals surface area contributed by atoms with E-state index in [-0.39, 0.29) is 22.5 Å². The summed E-state index contributed by atoms with van der Waals surface area (Å²) in [6.07, 6.45) is 1.16. The van der Waals surface area contributed by atoms with Gasteiger partial charge >= 0.3 is 0 Å². The number of likely N-dealkylation sites (N-methyl/N-ethyl adjacent to an activating group) is 1. The van der Waals surface area contributed by atoms with E-state index in [4.69, 9.17) is 4.74 Å². The van der Waals surface area contributed by atoms with E-state index in [0.717, 1.165) is 10.9 Å². The number of ether oxygens (including phenoxy) is 1.